The van der Waals surface area contributed by atoms with E-state index in [1.165, 1.54) is 0 Å². The minimum atomic E-state index is 0. The van der Waals surface area contributed by atoms with Crippen molar-refractivity contribution in [2.45, 2.75) is 32.2 Å². The van der Waals surface area contributed by atoms with E-state index in [9.17, 15) is 0 Å². The van der Waals surface area contributed by atoms with Crippen molar-refractivity contribution in [1.82, 2.24) is 9.97 Å². The summed E-state index contributed by atoms with van der Waals surface area (Å²) >= 11 is 0. The number of halogens is 2. The Labute approximate surface area is 172 Å². The van der Waals surface area contributed by atoms with Gasteiger partial charge in [-0.3, -0.25) is 0 Å². The van der Waals surface area contributed by atoms with Gasteiger partial charge < -0.3 is 21.7 Å². The molecule has 1 atom stereocenters. The summed E-state index contributed by atoms with van der Waals surface area (Å²) < 4.78 is 0. The molecule has 0 aliphatic carbocycles. The lowest BCUT2D eigenvalue weighted by Crippen LogP contribution is -2.27. The van der Waals surface area contributed by atoms with Crippen molar-refractivity contribution < 1.29 is 0 Å². The lowest BCUT2D eigenvalue weighted by atomic mass is 10.2. The van der Waals surface area contributed by atoms with E-state index < -0.39 is 0 Å². The fourth-order valence-electron chi connectivity index (χ4n) is 2.94. The molecule has 27 heavy (non-hydrogen) atoms. The summed E-state index contributed by atoms with van der Waals surface area (Å²) in [5.41, 5.74) is 14.4. The van der Waals surface area contributed by atoms with Gasteiger partial charge in [-0.15, -0.1) is 24.8 Å². The Balaban J connectivity index is 0.00000182. The zero-order valence-corrected chi connectivity index (χ0v) is 16.8. The lowest BCUT2D eigenvalue weighted by Gasteiger charge is -2.19. The third kappa shape index (κ3) is 5.60. The minimum absolute atomic E-state index is 0. The molecule has 0 spiro atoms. The molecule has 0 amide bonds. The standard InChI is InChI=1S/C18H23N7.2ClH/c1-2-3-14-9-17(25-7-6-13(20)11-25)24-18(22-14)23-15-4-5-16(21)12(8-15)10-19;;/h4-5,8-9,13H,2-3,6-7,11,20-21H2,1H3,(H,22,23,24);2*1H. The Morgan fingerprint density at radius 1 is 1.30 bits per heavy atom. The van der Waals surface area contributed by atoms with Gasteiger partial charge in [-0.1, -0.05) is 13.3 Å². The first kappa shape index (κ1) is 22.8. The van der Waals surface area contributed by atoms with Gasteiger partial charge in [-0.05, 0) is 31.0 Å². The second-order valence-electron chi connectivity index (χ2n) is 6.32. The van der Waals surface area contributed by atoms with Crippen LogP contribution in [0.15, 0.2) is 24.3 Å². The smallest absolute Gasteiger partial charge is 0.229 e. The normalized spacial score (nSPS) is 15.4. The average Bonchev–Trinajstić information content (AvgIpc) is 3.03. The summed E-state index contributed by atoms with van der Waals surface area (Å²) in [4.78, 5) is 11.4. The van der Waals surface area contributed by atoms with Crippen molar-refractivity contribution in [3.05, 3.63) is 35.5 Å². The van der Waals surface area contributed by atoms with Crippen LogP contribution in [0.3, 0.4) is 0 Å². The predicted molar refractivity (Wildman–Crippen MR) is 114 cm³/mol. The monoisotopic (exact) mass is 409 g/mol. The second-order valence-corrected chi connectivity index (χ2v) is 6.32. The molecule has 2 aromatic rings. The molecule has 1 unspecified atom stereocenters. The van der Waals surface area contributed by atoms with Gasteiger partial charge in [0.05, 0.1) is 5.56 Å². The summed E-state index contributed by atoms with van der Waals surface area (Å²) in [6.07, 6.45) is 2.87. The van der Waals surface area contributed by atoms with E-state index in [2.05, 4.69) is 33.2 Å². The number of benzene rings is 1. The van der Waals surface area contributed by atoms with Crippen molar-refractivity contribution in [1.29, 1.82) is 5.26 Å². The quantitative estimate of drug-likeness (QED) is 0.649. The van der Waals surface area contributed by atoms with Crippen molar-refractivity contribution in [2.24, 2.45) is 5.73 Å². The summed E-state index contributed by atoms with van der Waals surface area (Å²) in [5, 5.41) is 12.3. The Morgan fingerprint density at radius 2 is 2.07 bits per heavy atom. The van der Waals surface area contributed by atoms with Crippen molar-refractivity contribution in [3.63, 3.8) is 0 Å². The highest BCUT2D eigenvalue weighted by Crippen LogP contribution is 2.24. The highest BCUT2D eigenvalue weighted by Gasteiger charge is 2.21. The average molecular weight is 410 g/mol. The zero-order valence-electron chi connectivity index (χ0n) is 15.2. The van der Waals surface area contributed by atoms with Crippen LogP contribution in [0.5, 0.6) is 0 Å². The van der Waals surface area contributed by atoms with Gasteiger partial charge in [0.25, 0.3) is 0 Å². The maximum Gasteiger partial charge on any atom is 0.229 e. The molecule has 1 aliphatic heterocycles. The minimum Gasteiger partial charge on any atom is -0.398 e. The van der Waals surface area contributed by atoms with Crippen molar-refractivity contribution in [3.8, 4) is 6.07 Å². The summed E-state index contributed by atoms with van der Waals surface area (Å²) in [5.74, 6) is 1.42. The number of nitrogens with one attached hydrogen (secondary N) is 1. The number of nitrogens with zero attached hydrogens (tertiary/aromatic N) is 4. The van der Waals surface area contributed by atoms with Gasteiger partial charge in [0.15, 0.2) is 0 Å². The number of aryl methyl sites for hydroxylation is 1. The fraction of sp³-hybridized carbons (Fsp3) is 0.389. The van der Waals surface area contributed by atoms with Gasteiger partial charge >= 0.3 is 0 Å². The molecule has 1 aromatic heterocycles. The van der Waals surface area contributed by atoms with Crippen LogP contribution in [0.2, 0.25) is 0 Å². The third-order valence-corrected chi connectivity index (χ3v) is 4.25. The lowest BCUT2D eigenvalue weighted by molar-refractivity contribution is 0.751. The first-order valence-corrected chi connectivity index (χ1v) is 8.54. The Hall–Kier alpha value is -2.27. The highest BCUT2D eigenvalue weighted by molar-refractivity contribution is 5.85. The van der Waals surface area contributed by atoms with E-state index >= 15 is 0 Å². The van der Waals surface area contributed by atoms with Gasteiger partial charge in [0.1, 0.15) is 11.9 Å². The predicted octanol–water partition coefficient (Wildman–Crippen LogP) is 3.01. The van der Waals surface area contributed by atoms with Crippen LogP contribution in [0, 0.1) is 11.3 Å². The molecular weight excluding hydrogens is 385 g/mol. The van der Waals surface area contributed by atoms with Crippen molar-refractivity contribution in [2.75, 3.05) is 29.0 Å². The molecule has 1 aliphatic rings. The number of hydrogen-bond acceptors (Lipinski definition) is 7. The van der Waals surface area contributed by atoms with Crippen molar-refractivity contribution >= 4 is 48.0 Å². The summed E-state index contributed by atoms with van der Waals surface area (Å²) in [6.45, 7) is 3.84. The Kier molecular flexibility index (Phi) is 8.57. The van der Waals surface area contributed by atoms with Crippen LogP contribution in [0.1, 0.15) is 31.0 Å². The number of nitrogen functional groups attached to an aromatic ring is 1. The van der Waals surface area contributed by atoms with E-state index in [4.69, 9.17) is 16.7 Å². The molecule has 1 aromatic carbocycles. The second kappa shape index (κ2) is 10.2. The highest BCUT2D eigenvalue weighted by atomic mass is 35.5. The van der Waals surface area contributed by atoms with Gasteiger partial charge in [0.2, 0.25) is 5.95 Å². The third-order valence-electron chi connectivity index (χ3n) is 4.25. The molecule has 7 nitrogen and oxygen atoms in total. The van der Waals surface area contributed by atoms with E-state index in [-0.39, 0.29) is 30.9 Å². The Bertz CT molecular complexity index is 807. The molecule has 1 fully saturated rings. The maximum absolute atomic E-state index is 9.13. The first-order chi connectivity index (χ1) is 12.1. The molecular formula is C18H25Cl2N7. The maximum atomic E-state index is 9.13. The molecule has 2 heterocycles. The first-order valence-electron chi connectivity index (χ1n) is 8.54. The Morgan fingerprint density at radius 3 is 2.70 bits per heavy atom. The molecule has 0 radical (unpaired) electrons. The zero-order chi connectivity index (χ0) is 17.8. The van der Waals surface area contributed by atoms with Gasteiger partial charge in [-0.25, -0.2) is 4.98 Å². The number of hydrogen-bond donors (Lipinski definition) is 3. The molecule has 3 rings (SSSR count). The number of nitriles is 1. The van der Waals surface area contributed by atoms with Gasteiger partial charge in [-0.2, -0.15) is 10.2 Å². The van der Waals surface area contributed by atoms with E-state index in [1.807, 2.05) is 12.1 Å². The van der Waals surface area contributed by atoms with Crippen LogP contribution < -0.4 is 21.7 Å². The molecule has 0 bridgehead atoms. The molecule has 5 N–H and O–H groups in total. The molecule has 146 valence electrons. The van der Waals surface area contributed by atoms with Crippen LogP contribution in [0.4, 0.5) is 23.1 Å². The number of aromatic nitrogens is 2. The van der Waals surface area contributed by atoms with E-state index in [0.717, 1.165) is 49.6 Å². The largest absolute Gasteiger partial charge is 0.398 e. The number of anilines is 4. The van der Waals surface area contributed by atoms with Crippen LogP contribution in [-0.2, 0) is 6.42 Å². The number of nitrogens with two attached hydrogens (primary N) is 2. The fourth-order valence-corrected chi connectivity index (χ4v) is 2.94. The molecule has 9 heteroatoms. The number of rotatable bonds is 5. The summed E-state index contributed by atoms with van der Waals surface area (Å²) in [6, 6.07) is 9.54. The molecule has 1 saturated heterocycles. The summed E-state index contributed by atoms with van der Waals surface area (Å²) in [7, 11) is 0. The SMILES string of the molecule is CCCc1cc(N2CCC(N)C2)nc(Nc2ccc(N)c(C#N)c2)n1.Cl.Cl. The van der Waals surface area contributed by atoms with Crippen LogP contribution >= 0.6 is 24.8 Å². The topological polar surface area (TPSA) is 117 Å². The van der Waals surface area contributed by atoms with E-state index in [1.54, 1.807) is 12.1 Å². The van der Waals surface area contributed by atoms with Crippen LogP contribution in [-0.4, -0.2) is 29.1 Å². The van der Waals surface area contributed by atoms with Gasteiger partial charge in [0, 0.05) is 42.3 Å². The molecule has 0 saturated carbocycles. The van der Waals surface area contributed by atoms with E-state index in [0.29, 0.717) is 17.2 Å². The van der Waals surface area contributed by atoms with Crippen LogP contribution in [0.25, 0.3) is 0 Å².